The summed E-state index contributed by atoms with van der Waals surface area (Å²) in [6, 6.07) is 7.04. The molecule has 1 aliphatic carbocycles. The van der Waals surface area contributed by atoms with E-state index in [0.717, 1.165) is 31.4 Å². The fourth-order valence-corrected chi connectivity index (χ4v) is 3.52. The number of nitrogens with one attached hydrogen (secondary N) is 1. The molecule has 0 spiro atoms. The van der Waals surface area contributed by atoms with Gasteiger partial charge in [-0.3, -0.25) is 0 Å². The highest BCUT2D eigenvalue weighted by Crippen LogP contribution is 2.40. The molecular formula is C18H28FNO. The number of halogens is 1. The van der Waals surface area contributed by atoms with E-state index in [1.54, 1.807) is 12.1 Å². The van der Waals surface area contributed by atoms with Crippen molar-refractivity contribution < 1.29 is 9.13 Å². The second-order valence-corrected chi connectivity index (χ2v) is 6.13. The summed E-state index contributed by atoms with van der Waals surface area (Å²) in [4.78, 5) is 0. The molecule has 1 saturated carbocycles. The highest BCUT2D eigenvalue weighted by Gasteiger charge is 2.39. The molecule has 0 radical (unpaired) electrons. The minimum absolute atomic E-state index is 0.0660. The first-order chi connectivity index (χ1) is 10.2. The van der Waals surface area contributed by atoms with E-state index < -0.39 is 0 Å². The summed E-state index contributed by atoms with van der Waals surface area (Å²) in [6.45, 7) is 3.08. The van der Waals surface area contributed by atoms with Gasteiger partial charge in [-0.1, -0.05) is 44.7 Å². The molecule has 118 valence electrons. The SMILES string of the molecule is CCCNC(c1cccc(F)c1)C1(OC)CCCCCC1. The van der Waals surface area contributed by atoms with Crippen molar-refractivity contribution in [1.82, 2.24) is 5.32 Å². The highest BCUT2D eigenvalue weighted by molar-refractivity contribution is 5.24. The minimum Gasteiger partial charge on any atom is -0.376 e. The number of hydrogen-bond acceptors (Lipinski definition) is 2. The van der Waals surface area contributed by atoms with Gasteiger partial charge < -0.3 is 10.1 Å². The summed E-state index contributed by atoms with van der Waals surface area (Å²) in [5.41, 5.74) is 0.798. The molecule has 1 atom stereocenters. The van der Waals surface area contributed by atoms with Crippen LogP contribution < -0.4 is 5.32 Å². The zero-order valence-corrected chi connectivity index (χ0v) is 13.3. The molecule has 0 saturated heterocycles. The third-order valence-corrected chi connectivity index (χ3v) is 4.66. The third kappa shape index (κ3) is 4.04. The molecule has 21 heavy (non-hydrogen) atoms. The van der Waals surface area contributed by atoms with E-state index in [4.69, 9.17) is 4.74 Å². The quantitative estimate of drug-likeness (QED) is 0.774. The number of methoxy groups -OCH3 is 1. The zero-order chi connectivity index (χ0) is 15.1. The van der Waals surface area contributed by atoms with Gasteiger partial charge in [-0.05, 0) is 43.5 Å². The largest absolute Gasteiger partial charge is 0.376 e. The lowest BCUT2D eigenvalue weighted by atomic mass is 9.82. The molecule has 0 amide bonds. The third-order valence-electron chi connectivity index (χ3n) is 4.66. The molecular weight excluding hydrogens is 265 g/mol. The lowest BCUT2D eigenvalue weighted by Gasteiger charge is -2.40. The van der Waals surface area contributed by atoms with Crippen molar-refractivity contribution in [2.45, 2.75) is 63.5 Å². The fourth-order valence-electron chi connectivity index (χ4n) is 3.52. The molecule has 1 aromatic carbocycles. The fraction of sp³-hybridized carbons (Fsp3) is 0.667. The Morgan fingerprint density at radius 2 is 1.95 bits per heavy atom. The molecule has 3 heteroatoms. The Morgan fingerprint density at radius 1 is 1.24 bits per heavy atom. The Labute approximate surface area is 128 Å². The second-order valence-electron chi connectivity index (χ2n) is 6.13. The van der Waals surface area contributed by atoms with Crippen molar-refractivity contribution in [3.05, 3.63) is 35.6 Å². The maximum Gasteiger partial charge on any atom is 0.123 e. The summed E-state index contributed by atoms with van der Waals surface area (Å²) in [5.74, 6) is -0.171. The molecule has 0 heterocycles. The van der Waals surface area contributed by atoms with Gasteiger partial charge in [0.1, 0.15) is 5.82 Å². The Kier molecular flexibility index (Phi) is 6.19. The maximum atomic E-state index is 13.7. The first-order valence-electron chi connectivity index (χ1n) is 8.26. The van der Waals surface area contributed by atoms with Crippen LogP contribution in [0.1, 0.15) is 63.5 Å². The standard InChI is InChI=1S/C18H28FNO/c1-3-13-20-17(15-9-8-10-16(19)14-15)18(21-2)11-6-4-5-7-12-18/h8-10,14,17,20H,3-7,11-13H2,1-2H3. The van der Waals surface area contributed by atoms with Crippen molar-refractivity contribution in [2.75, 3.05) is 13.7 Å². The average Bonchev–Trinajstić information content (AvgIpc) is 2.74. The first kappa shape index (κ1) is 16.4. The van der Waals surface area contributed by atoms with Crippen LogP contribution >= 0.6 is 0 Å². The predicted octanol–water partition coefficient (Wildman–Crippen LogP) is 4.61. The molecule has 0 aromatic heterocycles. The van der Waals surface area contributed by atoms with Gasteiger partial charge in [0.25, 0.3) is 0 Å². The van der Waals surface area contributed by atoms with Gasteiger partial charge in [0, 0.05) is 7.11 Å². The number of benzene rings is 1. The second kappa shape index (κ2) is 7.90. The maximum absolute atomic E-state index is 13.7. The van der Waals surface area contributed by atoms with Crippen LogP contribution in [0.15, 0.2) is 24.3 Å². The number of ether oxygens (including phenoxy) is 1. The van der Waals surface area contributed by atoms with Crippen molar-refractivity contribution >= 4 is 0 Å². The highest BCUT2D eigenvalue weighted by atomic mass is 19.1. The molecule has 1 aliphatic rings. The predicted molar refractivity (Wildman–Crippen MR) is 84.9 cm³/mol. The number of rotatable bonds is 6. The van der Waals surface area contributed by atoms with Gasteiger partial charge in [0.2, 0.25) is 0 Å². The van der Waals surface area contributed by atoms with Crippen molar-refractivity contribution in [3.8, 4) is 0 Å². The Hall–Kier alpha value is -0.930. The van der Waals surface area contributed by atoms with E-state index in [2.05, 4.69) is 12.2 Å². The Balaban J connectivity index is 2.32. The summed E-state index contributed by atoms with van der Waals surface area (Å²) in [6.07, 6.45) is 8.07. The van der Waals surface area contributed by atoms with Crippen LogP contribution in [-0.4, -0.2) is 19.3 Å². The molecule has 2 rings (SSSR count). The number of hydrogen-bond donors (Lipinski definition) is 1. The van der Waals surface area contributed by atoms with Crippen molar-refractivity contribution in [1.29, 1.82) is 0 Å². The Bertz CT molecular complexity index is 427. The van der Waals surface area contributed by atoms with Crippen molar-refractivity contribution in [2.24, 2.45) is 0 Å². The van der Waals surface area contributed by atoms with E-state index in [-0.39, 0.29) is 17.5 Å². The van der Waals surface area contributed by atoms with Crippen LogP contribution in [-0.2, 0) is 4.74 Å². The summed E-state index contributed by atoms with van der Waals surface area (Å²) in [7, 11) is 1.81. The van der Waals surface area contributed by atoms with E-state index in [1.807, 2.05) is 13.2 Å². The van der Waals surface area contributed by atoms with Gasteiger partial charge in [-0.25, -0.2) is 4.39 Å². The van der Waals surface area contributed by atoms with Crippen LogP contribution in [0.25, 0.3) is 0 Å². The summed E-state index contributed by atoms with van der Waals surface area (Å²) < 4.78 is 19.7. The van der Waals surface area contributed by atoms with E-state index in [9.17, 15) is 4.39 Å². The zero-order valence-electron chi connectivity index (χ0n) is 13.3. The molecule has 1 aromatic rings. The summed E-state index contributed by atoms with van der Waals surface area (Å²) >= 11 is 0. The van der Waals surface area contributed by atoms with E-state index >= 15 is 0 Å². The molecule has 1 fully saturated rings. The van der Waals surface area contributed by atoms with Gasteiger partial charge in [-0.15, -0.1) is 0 Å². The average molecular weight is 293 g/mol. The summed E-state index contributed by atoms with van der Waals surface area (Å²) in [5, 5.41) is 3.61. The normalized spacial score (nSPS) is 20.0. The van der Waals surface area contributed by atoms with E-state index in [1.165, 1.54) is 31.7 Å². The van der Waals surface area contributed by atoms with Gasteiger partial charge in [0.05, 0.1) is 11.6 Å². The smallest absolute Gasteiger partial charge is 0.123 e. The van der Waals surface area contributed by atoms with Gasteiger partial charge in [0.15, 0.2) is 0 Å². The van der Waals surface area contributed by atoms with Crippen LogP contribution in [0.2, 0.25) is 0 Å². The van der Waals surface area contributed by atoms with Crippen LogP contribution in [0, 0.1) is 5.82 Å². The van der Waals surface area contributed by atoms with Crippen LogP contribution in [0.4, 0.5) is 4.39 Å². The van der Waals surface area contributed by atoms with Crippen LogP contribution in [0.3, 0.4) is 0 Å². The molecule has 0 bridgehead atoms. The van der Waals surface area contributed by atoms with E-state index in [0.29, 0.717) is 0 Å². The monoisotopic (exact) mass is 293 g/mol. The van der Waals surface area contributed by atoms with Gasteiger partial charge in [-0.2, -0.15) is 0 Å². The topological polar surface area (TPSA) is 21.3 Å². The Morgan fingerprint density at radius 3 is 2.52 bits per heavy atom. The minimum atomic E-state index is -0.209. The van der Waals surface area contributed by atoms with Gasteiger partial charge >= 0.3 is 0 Å². The molecule has 1 unspecified atom stereocenters. The molecule has 0 aliphatic heterocycles. The lowest BCUT2D eigenvalue weighted by molar-refractivity contribution is -0.0540. The van der Waals surface area contributed by atoms with Crippen molar-refractivity contribution in [3.63, 3.8) is 0 Å². The first-order valence-corrected chi connectivity index (χ1v) is 8.26. The molecule has 1 N–H and O–H groups in total. The van der Waals surface area contributed by atoms with Crippen LogP contribution in [0.5, 0.6) is 0 Å². The molecule has 2 nitrogen and oxygen atoms in total. The lowest BCUT2D eigenvalue weighted by Crippen LogP contribution is -2.45.